The van der Waals surface area contributed by atoms with Gasteiger partial charge in [0.05, 0.1) is 17.9 Å². The second kappa shape index (κ2) is 14.1. The zero-order valence-corrected chi connectivity index (χ0v) is 31.5. The molecule has 5 aliphatic rings. The van der Waals surface area contributed by atoms with Crippen molar-refractivity contribution in [3.63, 3.8) is 0 Å². The first-order valence-electron chi connectivity index (χ1n) is 18.9. The van der Waals surface area contributed by atoms with E-state index in [-0.39, 0.29) is 60.3 Å². The molecule has 1 aliphatic heterocycles. The van der Waals surface area contributed by atoms with Gasteiger partial charge in [-0.15, -0.1) is 0 Å². The lowest BCUT2D eigenvalue weighted by Gasteiger charge is -2.63. The van der Waals surface area contributed by atoms with Crippen LogP contribution in [0.15, 0.2) is 42.0 Å². The number of alkyl halides is 2. The Bertz CT molecular complexity index is 1730. The predicted molar refractivity (Wildman–Crippen MR) is 190 cm³/mol. The lowest BCUT2D eigenvalue weighted by atomic mass is 9.44. The molecule has 3 saturated carbocycles. The fourth-order valence-corrected chi connectivity index (χ4v) is 10.0. The van der Waals surface area contributed by atoms with Gasteiger partial charge in [0.2, 0.25) is 11.7 Å². The summed E-state index contributed by atoms with van der Waals surface area (Å²) in [4.78, 5) is 52.0. The second-order valence-electron chi connectivity index (χ2n) is 16.7. The van der Waals surface area contributed by atoms with Gasteiger partial charge in [0.1, 0.15) is 30.1 Å². The molecule has 9 nitrogen and oxygen atoms in total. The summed E-state index contributed by atoms with van der Waals surface area (Å²) in [7, 11) is 0. The number of benzene rings is 1. The summed E-state index contributed by atoms with van der Waals surface area (Å²) in [5.74, 6) is -4.75. The number of hydrogen-bond donors (Lipinski definition) is 2. The van der Waals surface area contributed by atoms with Gasteiger partial charge in [0.15, 0.2) is 23.3 Å². The SMILES string of the molecule is CCCC1O[C@@H]2C[C@H]3[C@@H]4C[C@H](F)C5=CC(=O)C=C[C@]5(C)[C@@]4(F)[C@@H](O)C[C@]3(C)[C@]2(C(=O)COc2ccc(NC(=O)[C@H](C)CC(=O)[C@@H](C)C(C)C)c(F)c2)O1. The van der Waals surface area contributed by atoms with E-state index in [9.17, 15) is 24.3 Å². The number of aliphatic hydroxyl groups excluding tert-OH is 1. The Balaban J connectivity index is 1.22. The van der Waals surface area contributed by atoms with Crippen LogP contribution in [0.5, 0.6) is 5.75 Å². The third-order valence-electron chi connectivity index (χ3n) is 13.4. The fourth-order valence-electron chi connectivity index (χ4n) is 10.0. The lowest BCUT2D eigenvalue weighted by Crippen LogP contribution is -2.71. The molecule has 0 bridgehead atoms. The number of carbonyl (C=O) groups excluding carboxylic acids is 4. The number of allylic oxidation sites excluding steroid dienone is 4. The monoisotopic (exact) mass is 743 g/mol. The summed E-state index contributed by atoms with van der Waals surface area (Å²) >= 11 is 0. The normalized spacial score (nSPS) is 38.3. The smallest absolute Gasteiger partial charge is 0.227 e. The van der Waals surface area contributed by atoms with Gasteiger partial charge in [-0.25, -0.2) is 13.2 Å². The number of anilines is 1. The number of ketones is 3. The Hall–Kier alpha value is -3.35. The number of fused-ring (bicyclic) bond motifs is 7. The van der Waals surface area contributed by atoms with Crippen LogP contribution in [0.3, 0.4) is 0 Å². The van der Waals surface area contributed by atoms with Crippen molar-refractivity contribution < 1.29 is 51.7 Å². The van der Waals surface area contributed by atoms with Gasteiger partial charge in [0, 0.05) is 41.1 Å². The number of halogens is 3. The average Bonchev–Trinajstić information content (AvgIpc) is 3.58. The van der Waals surface area contributed by atoms with Crippen molar-refractivity contribution in [3.8, 4) is 5.75 Å². The largest absolute Gasteiger partial charge is 0.486 e. The number of carbonyl (C=O) groups is 4. The molecule has 0 spiro atoms. The minimum atomic E-state index is -2.33. The quantitative estimate of drug-likeness (QED) is 0.239. The first-order valence-corrected chi connectivity index (χ1v) is 18.9. The highest BCUT2D eigenvalue weighted by molar-refractivity contribution is 6.01. The van der Waals surface area contributed by atoms with Crippen molar-refractivity contribution in [2.45, 2.75) is 123 Å². The highest BCUT2D eigenvalue weighted by Crippen LogP contribution is 2.72. The van der Waals surface area contributed by atoms with Gasteiger partial charge < -0.3 is 24.6 Å². The molecule has 4 fully saturated rings. The van der Waals surface area contributed by atoms with Gasteiger partial charge in [-0.3, -0.25) is 19.2 Å². The topological polar surface area (TPSA) is 128 Å². The Morgan fingerprint density at radius 3 is 2.49 bits per heavy atom. The van der Waals surface area contributed by atoms with Crippen molar-refractivity contribution >= 4 is 28.9 Å². The molecule has 1 saturated heterocycles. The van der Waals surface area contributed by atoms with Crippen molar-refractivity contribution in [2.75, 3.05) is 11.9 Å². The average molecular weight is 744 g/mol. The Morgan fingerprint density at radius 1 is 1.11 bits per heavy atom. The minimum absolute atomic E-state index is 0.00406. The first kappa shape index (κ1) is 39.3. The summed E-state index contributed by atoms with van der Waals surface area (Å²) in [6, 6.07) is 3.76. The molecular formula is C41H52F3NO8. The molecule has 1 unspecified atom stereocenters. The molecular weight excluding hydrogens is 691 g/mol. The van der Waals surface area contributed by atoms with Gasteiger partial charge >= 0.3 is 0 Å². The molecule has 0 aromatic heterocycles. The second-order valence-corrected chi connectivity index (χ2v) is 16.7. The van der Waals surface area contributed by atoms with Crippen LogP contribution < -0.4 is 10.1 Å². The Morgan fingerprint density at radius 2 is 1.83 bits per heavy atom. The van der Waals surface area contributed by atoms with Gasteiger partial charge in [0.25, 0.3) is 0 Å². The molecule has 2 N–H and O–H groups in total. The summed E-state index contributed by atoms with van der Waals surface area (Å²) in [6.45, 7) is 12.0. The van der Waals surface area contributed by atoms with Crippen LogP contribution in [-0.2, 0) is 28.7 Å². The van der Waals surface area contributed by atoms with Gasteiger partial charge in [-0.2, -0.15) is 0 Å². The maximum Gasteiger partial charge on any atom is 0.227 e. The van der Waals surface area contributed by atoms with Crippen molar-refractivity contribution in [2.24, 2.45) is 40.4 Å². The summed E-state index contributed by atoms with van der Waals surface area (Å²) in [6.07, 6.45) is -0.231. The molecule has 1 aromatic rings. The molecule has 53 heavy (non-hydrogen) atoms. The lowest BCUT2D eigenvalue weighted by molar-refractivity contribution is -0.234. The first-order chi connectivity index (χ1) is 24.8. The van der Waals surface area contributed by atoms with Crippen LogP contribution in [0.4, 0.5) is 18.9 Å². The van der Waals surface area contributed by atoms with Crippen LogP contribution in [0.1, 0.15) is 87.0 Å². The van der Waals surface area contributed by atoms with E-state index in [4.69, 9.17) is 14.2 Å². The van der Waals surface area contributed by atoms with Crippen molar-refractivity contribution in [1.82, 2.24) is 0 Å². The molecule has 6 rings (SSSR count). The Labute approximate surface area is 309 Å². The van der Waals surface area contributed by atoms with Crippen LogP contribution in [0, 0.1) is 46.2 Å². The van der Waals surface area contributed by atoms with Crippen LogP contribution in [0.25, 0.3) is 0 Å². The number of aliphatic hydroxyl groups is 1. The van der Waals surface area contributed by atoms with Crippen LogP contribution in [-0.4, -0.2) is 70.9 Å². The fraction of sp³-hybridized carbons (Fsp3) is 0.659. The minimum Gasteiger partial charge on any atom is -0.486 e. The molecule has 1 heterocycles. The van der Waals surface area contributed by atoms with Crippen LogP contribution in [0.2, 0.25) is 0 Å². The van der Waals surface area contributed by atoms with E-state index in [1.54, 1.807) is 13.8 Å². The molecule has 4 aliphatic carbocycles. The van der Waals surface area contributed by atoms with E-state index < -0.39 is 94.4 Å². The number of hydrogen-bond acceptors (Lipinski definition) is 8. The van der Waals surface area contributed by atoms with Gasteiger partial charge in [-0.1, -0.05) is 54.0 Å². The van der Waals surface area contributed by atoms with E-state index in [0.717, 1.165) is 12.1 Å². The molecule has 12 heteroatoms. The van der Waals surface area contributed by atoms with E-state index in [0.29, 0.717) is 12.8 Å². The highest BCUT2D eigenvalue weighted by Gasteiger charge is 2.80. The summed E-state index contributed by atoms with van der Waals surface area (Å²) < 4.78 is 67.6. The summed E-state index contributed by atoms with van der Waals surface area (Å²) in [5, 5.41) is 14.3. The number of nitrogens with one attached hydrogen (secondary N) is 1. The van der Waals surface area contributed by atoms with Crippen LogP contribution >= 0.6 is 0 Å². The maximum absolute atomic E-state index is 17.7. The molecule has 1 amide bonds. The van der Waals surface area contributed by atoms with E-state index in [1.807, 2.05) is 27.7 Å². The number of Topliss-reactive ketones (excluding diaryl/α,β-unsaturated/α-hetero) is 2. The number of ether oxygens (including phenoxy) is 3. The van der Waals surface area contributed by atoms with Crippen molar-refractivity contribution in [1.29, 1.82) is 0 Å². The molecule has 1 aromatic carbocycles. The predicted octanol–water partition coefficient (Wildman–Crippen LogP) is 6.81. The number of rotatable bonds is 12. The van der Waals surface area contributed by atoms with E-state index >= 15 is 13.2 Å². The zero-order valence-electron chi connectivity index (χ0n) is 31.5. The maximum atomic E-state index is 17.7. The Kier molecular flexibility index (Phi) is 10.4. The van der Waals surface area contributed by atoms with E-state index in [1.165, 1.54) is 31.2 Å². The highest BCUT2D eigenvalue weighted by atomic mass is 19.1. The molecule has 0 radical (unpaired) electrons. The zero-order chi connectivity index (χ0) is 38.8. The van der Waals surface area contributed by atoms with E-state index in [2.05, 4.69) is 5.32 Å². The van der Waals surface area contributed by atoms with Gasteiger partial charge in [-0.05, 0) is 74.3 Å². The standard InChI is InChI=1S/C41H52F3NO8/c1-8-9-36-52-35-18-26-27-17-29(42)28-15-24(46)12-13-38(28,6)40(27,44)33(48)19-39(26,7)41(35,53-36)34(49)20-51-25-10-11-31(30(43)16-25)45-37(50)22(4)14-32(47)23(5)21(2)3/h10-13,15-16,21-23,26-27,29,33,35-36,48H,8-9,14,17-20H2,1-7H3,(H,45,50)/t22-,23+,26+,27+,29+,33+,35-,36?,38+,39+,40+,41-/m1/s1. The van der Waals surface area contributed by atoms with Crippen molar-refractivity contribution in [3.05, 3.63) is 47.8 Å². The molecule has 12 atom stereocenters. The third-order valence-corrected chi connectivity index (χ3v) is 13.4. The third kappa shape index (κ3) is 6.11. The number of amides is 1. The summed E-state index contributed by atoms with van der Waals surface area (Å²) in [5.41, 5.74) is -6.88. The molecule has 290 valence electrons.